The molecule has 1 amide bonds. The van der Waals surface area contributed by atoms with Crippen LogP contribution in [0.5, 0.6) is 0 Å². The van der Waals surface area contributed by atoms with Gasteiger partial charge in [0.1, 0.15) is 0 Å². The average molecular weight is 311 g/mol. The lowest BCUT2D eigenvalue weighted by molar-refractivity contribution is -0.116. The van der Waals surface area contributed by atoms with E-state index in [-0.39, 0.29) is 5.91 Å². The van der Waals surface area contributed by atoms with E-state index in [4.69, 9.17) is 0 Å². The van der Waals surface area contributed by atoms with Gasteiger partial charge in [0.15, 0.2) is 0 Å². The van der Waals surface area contributed by atoms with Crippen LogP contribution in [0.15, 0.2) is 53.7 Å². The van der Waals surface area contributed by atoms with E-state index >= 15 is 0 Å². The molecular weight excluding hydrogens is 294 g/mol. The predicted octanol–water partition coefficient (Wildman–Crippen LogP) is 3.86. The molecular formula is C17H17N3OS. The Hall–Kier alpha value is -2.27. The second-order valence-electron chi connectivity index (χ2n) is 5.03. The zero-order valence-corrected chi connectivity index (χ0v) is 13.1. The quantitative estimate of drug-likeness (QED) is 0.704. The molecule has 1 aromatic heterocycles. The molecule has 0 bridgehead atoms. The molecule has 0 saturated heterocycles. The minimum absolute atomic E-state index is 0.0305. The lowest BCUT2D eigenvalue weighted by atomic mass is 10.1. The van der Waals surface area contributed by atoms with Crippen molar-refractivity contribution in [3.63, 3.8) is 0 Å². The number of carbonyl (C=O) groups is 1. The van der Waals surface area contributed by atoms with Gasteiger partial charge in [0.2, 0.25) is 5.91 Å². The average Bonchev–Trinajstić information content (AvgIpc) is 3.00. The number of H-pyrrole nitrogens is 1. The Morgan fingerprint density at radius 1 is 1.27 bits per heavy atom. The van der Waals surface area contributed by atoms with Crippen LogP contribution in [0.25, 0.3) is 11.0 Å². The smallest absolute Gasteiger partial charge is 0.224 e. The molecule has 0 atom stereocenters. The number of aromatic nitrogens is 2. The van der Waals surface area contributed by atoms with Gasteiger partial charge >= 0.3 is 0 Å². The maximum atomic E-state index is 12.1. The number of nitrogens with zero attached hydrogens (tertiary/aromatic N) is 1. The van der Waals surface area contributed by atoms with Crippen LogP contribution in [-0.4, -0.2) is 22.1 Å². The Bertz CT molecular complexity index is 797. The molecule has 0 aliphatic heterocycles. The van der Waals surface area contributed by atoms with E-state index in [0.29, 0.717) is 12.8 Å². The van der Waals surface area contributed by atoms with E-state index in [9.17, 15) is 4.79 Å². The highest BCUT2D eigenvalue weighted by atomic mass is 32.2. The molecule has 0 fully saturated rings. The number of thioether (sulfide) groups is 1. The Morgan fingerprint density at radius 2 is 2.18 bits per heavy atom. The molecule has 22 heavy (non-hydrogen) atoms. The Kier molecular flexibility index (Phi) is 4.44. The second-order valence-corrected chi connectivity index (χ2v) is 5.91. The third kappa shape index (κ3) is 3.49. The van der Waals surface area contributed by atoms with Crippen molar-refractivity contribution < 1.29 is 4.79 Å². The van der Waals surface area contributed by atoms with Crippen molar-refractivity contribution in [2.75, 3.05) is 11.6 Å². The first-order valence-corrected chi connectivity index (χ1v) is 8.33. The number of hydrogen-bond acceptors (Lipinski definition) is 3. The summed E-state index contributed by atoms with van der Waals surface area (Å²) >= 11 is 1.66. The van der Waals surface area contributed by atoms with Crippen LogP contribution < -0.4 is 5.32 Å². The molecule has 2 N–H and O–H groups in total. The molecule has 0 aliphatic rings. The van der Waals surface area contributed by atoms with Crippen LogP contribution in [0.1, 0.15) is 12.0 Å². The summed E-state index contributed by atoms with van der Waals surface area (Å²) in [5, 5.41) is 2.95. The summed E-state index contributed by atoms with van der Waals surface area (Å²) in [6.45, 7) is 0. The molecule has 0 saturated carbocycles. The number of nitrogens with one attached hydrogen (secondary N) is 2. The molecule has 2 aromatic carbocycles. The van der Waals surface area contributed by atoms with Gasteiger partial charge in [-0.05, 0) is 48.6 Å². The van der Waals surface area contributed by atoms with E-state index in [0.717, 1.165) is 27.2 Å². The molecule has 3 rings (SSSR count). The molecule has 1 heterocycles. The van der Waals surface area contributed by atoms with Gasteiger partial charge in [-0.25, -0.2) is 4.98 Å². The van der Waals surface area contributed by atoms with Gasteiger partial charge in [0.25, 0.3) is 0 Å². The molecule has 0 unspecified atom stereocenters. The number of anilines is 1. The summed E-state index contributed by atoms with van der Waals surface area (Å²) in [4.78, 5) is 20.5. The minimum Gasteiger partial charge on any atom is -0.345 e. The molecule has 5 heteroatoms. The summed E-state index contributed by atoms with van der Waals surface area (Å²) in [5.74, 6) is 0.0305. The van der Waals surface area contributed by atoms with Gasteiger partial charge in [-0.15, -0.1) is 11.8 Å². The monoisotopic (exact) mass is 311 g/mol. The van der Waals surface area contributed by atoms with E-state index in [1.165, 1.54) is 0 Å². The highest BCUT2D eigenvalue weighted by molar-refractivity contribution is 7.98. The number of amides is 1. The number of fused-ring (bicyclic) bond motifs is 1. The fraction of sp³-hybridized carbons (Fsp3) is 0.176. The number of aromatic amines is 1. The first-order valence-electron chi connectivity index (χ1n) is 7.10. The number of imidazole rings is 1. The summed E-state index contributed by atoms with van der Waals surface area (Å²) in [6, 6.07) is 13.9. The topological polar surface area (TPSA) is 57.8 Å². The number of carbonyl (C=O) groups excluding carboxylic acids is 1. The largest absolute Gasteiger partial charge is 0.345 e. The van der Waals surface area contributed by atoms with Crippen molar-refractivity contribution >= 4 is 34.4 Å². The van der Waals surface area contributed by atoms with Gasteiger partial charge < -0.3 is 10.3 Å². The number of hydrogen-bond donors (Lipinski definition) is 2. The zero-order valence-electron chi connectivity index (χ0n) is 12.3. The third-order valence-electron chi connectivity index (χ3n) is 3.48. The number of rotatable bonds is 5. The Balaban J connectivity index is 1.59. The van der Waals surface area contributed by atoms with Crippen molar-refractivity contribution in [2.45, 2.75) is 17.7 Å². The molecule has 0 radical (unpaired) electrons. The minimum atomic E-state index is 0.0305. The summed E-state index contributed by atoms with van der Waals surface area (Å²) < 4.78 is 0. The first-order chi connectivity index (χ1) is 10.7. The van der Waals surface area contributed by atoms with Crippen LogP contribution in [0.4, 0.5) is 5.69 Å². The molecule has 3 aromatic rings. The van der Waals surface area contributed by atoms with Gasteiger partial charge in [0, 0.05) is 17.0 Å². The SMILES string of the molecule is CSc1cccc(NC(=O)CCc2ccc3nc[nH]c3c2)c1. The summed E-state index contributed by atoms with van der Waals surface area (Å²) in [7, 11) is 0. The van der Waals surface area contributed by atoms with Gasteiger partial charge in [0.05, 0.1) is 17.4 Å². The molecule has 4 nitrogen and oxygen atoms in total. The van der Waals surface area contributed by atoms with Gasteiger partial charge in [-0.2, -0.15) is 0 Å². The van der Waals surface area contributed by atoms with Crippen molar-refractivity contribution in [1.29, 1.82) is 0 Å². The lowest BCUT2D eigenvalue weighted by Gasteiger charge is -2.06. The normalized spacial score (nSPS) is 10.8. The van der Waals surface area contributed by atoms with E-state index < -0.39 is 0 Å². The van der Waals surface area contributed by atoms with Crippen LogP contribution >= 0.6 is 11.8 Å². The van der Waals surface area contributed by atoms with Crippen LogP contribution in [0, 0.1) is 0 Å². The van der Waals surface area contributed by atoms with Crippen molar-refractivity contribution in [2.24, 2.45) is 0 Å². The highest BCUT2D eigenvalue weighted by Crippen LogP contribution is 2.19. The summed E-state index contributed by atoms with van der Waals surface area (Å²) in [6.07, 6.45) is 4.87. The van der Waals surface area contributed by atoms with Gasteiger partial charge in [-0.1, -0.05) is 12.1 Å². The fourth-order valence-electron chi connectivity index (χ4n) is 2.32. The second kappa shape index (κ2) is 6.66. The lowest BCUT2D eigenvalue weighted by Crippen LogP contribution is -2.12. The zero-order chi connectivity index (χ0) is 15.4. The fourth-order valence-corrected chi connectivity index (χ4v) is 2.78. The number of benzene rings is 2. The Labute approximate surface area is 133 Å². The van der Waals surface area contributed by atoms with E-state index in [1.54, 1.807) is 18.1 Å². The van der Waals surface area contributed by atoms with Crippen molar-refractivity contribution in [1.82, 2.24) is 9.97 Å². The van der Waals surface area contributed by atoms with Crippen molar-refractivity contribution in [3.8, 4) is 0 Å². The Morgan fingerprint density at radius 3 is 3.05 bits per heavy atom. The standard InChI is InChI=1S/C17H17N3OS/c1-22-14-4-2-3-13(10-14)20-17(21)8-6-12-5-7-15-16(9-12)19-11-18-15/h2-5,7,9-11H,6,8H2,1H3,(H,18,19)(H,20,21). The van der Waals surface area contributed by atoms with Crippen molar-refractivity contribution in [3.05, 3.63) is 54.4 Å². The third-order valence-corrected chi connectivity index (χ3v) is 4.20. The summed E-state index contributed by atoms with van der Waals surface area (Å²) in [5.41, 5.74) is 3.93. The van der Waals surface area contributed by atoms with Gasteiger partial charge in [-0.3, -0.25) is 4.79 Å². The van der Waals surface area contributed by atoms with Crippen LogP contribution in [-0.2, 0) is 11.2 Å². The van der Waals surface area contributed by atoms with E-state index in [2.05, 4.69) is 15.3 Å². The number of aryl methyl sites for hydroxylation is 1. The molecule has 112 valence electrons. The maximum absolute atomic E-state index is 12.1. The van der Waals surface area contributed by atoms with Crippen LogP contribution in [0.2, 0.25) is 0 Å². The predicted molar refractivity (Wildman–Crippen MR) is 91.3 cm³/mol. The van der Waals surface area contributed by atoms with E-state index in [1.807, 2.05) is 48.7 Å². The first kappa shape index (κ1) is 14.7. The molecule has 0 spiro atoms. The maximum Gasteiger partial charge on any atom is 0.224 e. The van der Waals surface area contributed by atoms with Crippen LogP contribution in [0.3, 0.4) is 0 Å². The molecule has 0 aliphatic carbocycles. The highest BCUT2D eigenvalue weighted by Gasteiger charge is 2.05.